The van der Waals surface area contributed by atoms with Gasteiger partial charge in [0.1, 0.15) is 5.82 Å². The number of likely N-dealkylation sites (tertiary alicyclic amines) is 1. The number of hydrogen-bond acceptors (Lipinski definition) is 5. The van der Waals surface area contributed by atoms with E-state index >= 15 is 0 Å². The fourth-order valence-corrected chi connectivity index (χ4v) is 4.25. The van der Waals surface area contributed by atoms with Gasteiger partial charge in [-0.2, -0.15) is 5.10 Å². The molecule has 2 aromatic rings. The van der Waals surface area contributed by atoms with Crippen molar-refractivity contribution in [2.45, 2.75) is 59.0 Å². The van der Waals surface area contributed by atoms with Gasteiger partial charge >= 0.3 is 0 Å². The summed E-state index contributed by atoms with van der Waals surface area (Å²) in [5.41, 5.74) is 5.61. The molecule has 0 saturated carbocycles. The van der Waals surface area contributed by atoms with Crippen LogP contribution in [0.3, 0.4) is 0 Å². The molecule has 1 amide bonds. The largest absolute Gasteiger partial charge is 0.338 e. The number of carbonyl (C=O) groups excluding carboxylic acids is 1. The molecule has 0 bridgehead atoms. The lowest BCUT2D eigenvalue weighted by Gasteiger charge is -2.28. The van der Waals surface area contributed by atoms with Crippen LogP contribution in [0.15, 0.2) is 6.20 Å². The van der Waals surface area contributed by atoms with Crippen LogP contribution in [0.5, 0.6) is 0 Å². The summed E-state index contributed by atoms with van der Waals surface area (Å²) in [7, 11) is 2.15. The van der Waals surface area contributed by atoms with E-state index in [1.54, 1.807) is 0 Å². The van der Waals surface area contributed by atoms with Crippen molar-refractivity contribution < 1.29 is 4.79 Å². The first-order chi connectivity index (χ1) is 13.4. The minimum absolute atomic E-state index is 0.178. The number of aryl methyl sites for hydroxylation is 2. The highest BCUT2D eigenvalue weighted by Crippen LogP contribution is 2.25. The predicted molar refractivity (Wildman–Crippen MR) is 107 cm³/mol. The molecule has 2 aliphatic heterocycles. The molecule has 4 rings (SSSR count). The Morgan fingerprint density at radius 2 is 2.07 bits per heavy atom. The molecule has 0 aliphatic carbocycles. The van der Waals surface area contributed by atoms with Crippen LogP contribution >= 0.6 is 0 Å². The molecule has 0 radical (unpaired) electrons. The number of amides is 1. The number of fused-ring (bicyclic) bond motifs is 1. The molecule has 2 aromatic heterocycles. The molecular weight excluding hydrogens is 352 g/mol. The van der Waals surface area contributed by atoms with Crippen LogP contribution in [0.2, 0.25) is 0 Å². The van der Waals surface area contributed by atoms with Crippen molar-refractivity contribution in [3.8, 4) is 0 Å². The SMILES string of the molecule is Cc1nn(CCC(=O)N2CCc3nc([C@H]4CCN(C)C4)ncc3C2)c(C)c1C. The van der Waals surface area contributed by atoms with Crippen molar-refractivity contribution in [1.29, 1.82) is 0 Å². The summed E-state index contributed by atoms with van der Waals surface area (Å²) in [6, 6.07) is 0. The molecule has 0 N–H and O–H groups in total. The molecule has 2 aliphatic rings. The molecule has 0 aromatic carbocycles. The Labute approximate surface area is 166 Å². The van der Waals surface area contributed by atoms with Gasteiger partial charge in [-0.25, -0.2) is 9.97 Å². The Morgan fingerprint density at radius 1 is 1.25 bits per heavy atom. The van der Waals surface area contributed by atoms with Crippen molar-refractivity contribution in [2.75, 3.05) is 26.7 Å². The topological polar surface area (TPSA) is 67.2 Å². The fraction of sp³-hybridized carbons (Fsp3) is 0.619. The Morgan fingerprint density at radius 3 is 2.75 bits per heavy atom. The number of aromatic nitrogens is 4. The van der Waals surface area contributed by atoms with Crippen LogP contribution in [0.1, 0.15) is 52.8 Å². The van der Waals surface area contributed by atoms with Gasteiger partial charge in [0.15, 0.2) is 0 Å². The fourth-order valence-electron chi connectivity index (χ4n) is 4.25. The average Bonchev–Trinajstić information content (AvgIpc) is 3.24. The molecular formula is C21H30N6O. The molecule has 4 heterocycles. The molecule has 150 valence electrons. The zero-order valence-corrected chi connectivity index (χ0v) is 17.4. The van der Waals surface area contributed by atoms with Crippen molar-refractivity contribution in [3.05, 3.63) is 40.2 Å². The smallest absolute Gasteiger partial charge is 0.224 e. The highest BCUT2D eigenvalue weighted by molar-refractivity contribution is 5.76. The van der Waals surface area contributed by atoms with Crippen LogP contribution in [-0.2, 0) is 24.3 Å². The van der Waals surface area contributed by atoms with Crippen LogP contribution < -0.4 is 0 Å². The lowest BCUT2D eigenvalue weighted by atomic mass is 10.0. The highest BCUT2D eigenvalue weighted by Gasteiger charge is 2.27. The number of nitrogens with zero attached hydrogens (tertiary/aromatic N) is 6. The van der Waals surface area contributed by atoms with Gasteiger partial charge < -0.3 is 9.80 Å². The van der Waals surface area contributed by atoms with Crippen LogP contribution in [0.4, 0.5) is 0 Å². The van der Waals surface area contributed by atoms with Crippen LogP contribution in [0, 0.1) is 20.8 Å². The van der Waals surface area contributed by atoms with E-state index in [1.165, 1.54) is 5.56 Å². The van der Waals surface area contributed by atoms with Crippen molar-refractivity contribution in [3.63, 3.8) is 0 Å². The number of rotatable bonds is 4. The predicted octanol–water partition coefficient (Wildman–Crippen LogP) is 1.99. The minimum Gasteiger partial charge on any atom is -0.338 e. The molecule has 1 saturated heterocycles. The third-order valence-electron chi connectivity index (χ3n) is 6.34. The van der Waals surface area contributed by atoms with E-state index in [0.29, 0.717) is 25.4 Å². The van der Waals surface area contributed by atoms with Crippen molar-refractivity contribution in [1.82, 2.24) is 29.5 Å². The molecule has 0 spiro atoms. The Balaban J connectivity index is 1.38. The van der Waals surface area contributed by atoms with Crippen molar-refractivity contribution in [2.24, 2.45) is 0 Å². The van der Waals surface area contributed by atoms with Crippen LogP contribution in [-0.4, -0.2) is 62.1 Å². The monoisotopic (exact) mass is 382 g/mol. The van der Waals surface area contributed by atoms with E-state index in [9.17, 15) is 4.79 Å². The first-order valence-electron chi connectivity index (χ1n) is 10.2. The number of hydrogen-bond donors (Lipinski definition) is 0. The van der Waals surface area contributed by atoms with Gasteiger partial charge in [0.05, 0.1) is 11.4 Å². The van der Waals surface area contributed by atoms with Crippen molar-refractivity contribution >= 4 is 5.91 Å². The summed E-state index contributed by atoms with van der Waals surface area (Å²) in [6.45, 7) is 10.3. The van der Waals surface area contributed by atoms with Gasteiger partial charge in [0.2, 0.25) is 5.91 Å². The summed E-state index contributed by atoms with van der Waals surface area (Å²) in [5, 5.41) is 4.54. The maximum atomic E-state index is 12.7. The lowest BCUT2D eigenvalue weighted by Crippen LogP contribution is -2.37. The third-order valence-corrected chi connectivity index (χ3v) is 6.34. The number of carbonyl (C=O) groups is 1. The molecule has 7 heteroatoms. The minimum atomic E-state index is 0.178. The van der Waals surface area contributed by atoms with E-state index in [4.69, 9.17) is 4.98 Å². The molecule has 1 atom stereocenters. The summed E-state index contributed by atoms with van der Waals surface area (Å²) in [4.78, 5) is 26.5. The van der Waals surface area contributed by atoms with E-state index in [2.05, 4.69) is 35.9 Å². The maximum absolute atomic E-state index is 12.7. The molecule has 28 heavy (non-hydrogen) atoms. The second-order valence-electron chi connectivity index (χ2n) is 8.28. The summed E-state index contributed by atoms with van der Waals surface area (Å²) < 4.78 is 1.95. The average molecular weight is 383 g/mol. The van der Waals surface area contributed by atoms with Gasteiger partial charge in [-0.3, -0.25) is 9.48 Å². The van der Waals surface area contributed by atoms with Gasteiger partial charge in [-0.15, -0.1) is 0 Å². The van der Waals surface area contributed by atoms with Gasteiger partial charge in [-0.1, -0.05) is 0 Å². The van der Waals surface area contributed by atoms with Gasteiger partial charge in [0.25, 0.3) is 0 Å². The quantitative estimate of drug-likeness (QED) is 0.809. The highest BCUT2D eigenvalue weighted by atomic mass is 16.2. The maximum Gasteiger partial charge on any atom is 0.224 e. The Hall–Kier alpha value is -2.28. The van der Waals surface area contributed by atoms with E-state index in [1.807, 2.05) is 22.7 Å². The lowest BCUT2D eigenvalue weighted by molar-refractivity contribution is -0.132. The molecule has 0 unspecified atom stereocenters. The number of likely N-dealkylation sites (N-methyl/N-ethyl adjacent to an activating group) is 1. The third kappa shape index (κ3) is 3.68. The van der Waals surface area contributed by atoms with Gasteiger partial charge in [-0.05, 0) is 46.3 Å². The zero-order chi connectivity index (χ0) is 19.8. The molecule has 1 fully saturated rings. The van der Waals surface area contributed by atoms with Crippen LogP contribution in [0.25, 0.3) is 0 Å². The van der Waals surface area contributed by atoms with E-state index < -0.39 is 0 Å². The molecule has 7 nitrogen and oxygen atoms in total. The summed E-state index contributed by atoms with van der Waals surface area (Å²) in [5.74, 6) is 1.60. The first-order valence-corrected chi connectivity index (χ1v) is 10.2. The zero-order valence-electron chi connectivity index (χ0n) is 17.4. The second kappa shape index (κ2) is 7.62. The summed E-state index contributed by atoms with van der Waals surface area (Å²) in [6.07, 6.45) is 4.37. The normalized spacial score (nSPS) is 19.9. The van der Waals surface area contributed by atoms with E-state index in [0.717, 1.165) is 60.9 Å². The van der Waals surface area contributed by atoms with E-state index in [-0.39, 0.29) is 5.91 Å². The standard InChI is InChI=1S/C21H30N6O/c1-14-15(2)24-27(16(14)3)10-7-20(28)26-9-6-19-18(13-26)11-22-21(23-19)17-5-8-25(4)12-17/h11,17H,5-10,12-13H2,1-4H3/t17-/m0/s1. The Kier molecular flexibility index (Phi) is 5.19. The van der Waals surface area contributed by atoms with Gasteiger partial charge in [0, 0.05) is 62.4 Å². The second-order valence-corrected chi connectivity index (χ2v) is 8.28. The summed E-state index contributed by atoms with van der Waals surface area (Å²) >= 11 is 0. The Bertz CT molecular complexity index is 889. The first kappa shape index (κ1) is 19.1.